The molecule has 0 atom stereocenters. The summed E-state index contributed by atoms with van der Waals surface area (Å²) in [5.41, 5.74) is 2.01. The number of halogens is 1. The van der Waals surface area contributed by atoms with E-state index in [2.05, 4.69) is 15.4 Å². The van der Waals surface area contributed by atoms with E-state index in [-0.39, 0.29) is 24.1 Å². The Morgan fingerprint density at radius 3 is 2.41 bits per heavy atom. The average Bonchev–Trinajstić information content (AvgIpc) is 3.48. The van der Waals surface area contributed by atoms with Crippen LogP contribution in [0.3, 0.4) is 0 Å². The molecule has 0 fully saturated rings. The fourth-order valence-corrected chi connectivity index (χ4v) is 3.72. The van der Waals surface area contributed by atoms with Crippen LogP contribution in [-0.2, 0) is 6.54 Å². The van der Waals surface area contributed by atoms with Gasteiger partial charge in [-0.1, -0.05) is 18.2 Å². The van der Waals surface area contributed by atoms with E-state index in [0.717, 1.165) is 10.4 Å². The van der Waals surface area contributed by atoms with Crippen LogP contribution < -0.4 is 5.32 Å². The second-order valence-corrected chi connectivity index (χ2v) is 8.15. The summed E-state index contributed by atoms with van der Waals surface area (Å²) in [4.78, 5) is 31.5. The molecule has 9 heteroatoms. The number of nitrogens with one attached hydrogen (secondary N) is 1. The van der Waals surface area contributed by atoms with E-state index >= 15 is 0 Å². The molecular weight excluding hydrogens is 429 g/mol. The fraction of sp³-hybridized carbons (Fsp3) is 0.130. The Morgan fingerprint density at radius 2 is 1.78 bits per heavy atom. The summed E-state index contributed by atoms with van der Waals surface area (Å²) >= 11 is 1.47. The van der Waals surface area contributed by atoms with Crippen LogP contribution in [0.2, 0.25) is 0 Å². The van der Waals surface area contributed by atoms with Crippen LogP contribution in [0.5, 0.6) is 0 Å². The lowest BCUT2D eigenvalue weighted by Crippen LogP contribution is -2.24. The predicted molar refractivity (Wildman–Crippen MR) is 120 cm³/mol. The lowest BCUT2D eigenvalue weighted by Gasteiger charge is -2.10. The standard InChI is InChI=1S/C23H20FN5O2S/c1-28(2)23(31)16-7-5-15(6-8-16)14-25-22(30)20-26-21(19-4-3-13-32-19)29(27-20)18-11-9-17(24)10-12-18/h3-13H,14H2,1-2H3,(H,25,30). The molecule has 0 radical (unpaired) electrons. The van der Waals surface area contributed by atoms with Crippen LogP contribution in [0.1, 0.15) is 26.5 Å². The van der Waals surface area contributed by atoms with E-state index in [1.807, 2.05) is 17.5 Å². The summed E-state index contributed by atoms with van der Waals surface area (Å²) < 4.78 is 14.9. The van der Waals surface area contributed by atoms with Gasteiger partial charge < -0.3 is 10.2 Å². The molecule has 4 aromatic rings. The average molecular weight is 450 g/mol. The monoisotopic (exact) mass is 449 g/mol. The first-order chi connectivity index (χ1) is 15.4. The van der Waals surface area contributed by atoms with Crippen molar-refractivity contribution in [2.75, 3.05) is 14.1 Å². The van der Waals surface area contributed by atoms with Crippen molar-refractivity contribution in [3.63, 3.8) is 0 Å². The zero-order valence-corrected chi connectivity index (χ0v) is 18.3. The first-order valence-corrected chi connectivity index (χ1v) is 10.7. The SMILES string of the molecule is CN(C)C(=O)c1ccc(CNC(=O)c2nc(-c3cccs3)n(-c3ccc(F)cc3)n2)cc1. The maximum absolute atomic E-state index is 13.4. The maximum atomic E-state index is 13.4. The van der Waals surface area contributed by atoms with Gasteiger partial charge in [-0.3, -0.25) is 9.59 Å². The smallest absolute Gasteiger partial charge is 0.291 e. The van der Waals surface area contributed by atoms with Gasteiger partial charge in [-0.15, -0.1) is 16.4 Å². The third-order valence-corrected chi connectivity index (χ3v) is 5.55. The Bertz CT molecular complexity index is 1230. The summed E-state index contributed by atoms with van der Waals surface area (Å²) in [7, 11) is 3.39. The summed E-state index contributed by atoms with van der Waals surface area (Å²) in [5.74, 6) is -0.363. The molecule has 0 aliphatic carbocycles. The van der Waals surface area contributed by atoms with Crippen molar-refractivity contribution < 1.29 is 14.0 Å². The fourth-order valence-electron chi connectivity index (χ4n) is 3.02. The van der Waals surface area contributed by atoms with E-state index in [0.29, 0.717) is 17.1 Å². The van der Waals surface area contributed by atoms with E-state index < -0.39 is 5.91 Å². The molecule has 2 aromatic carbocycles. The quantitative estimate of drug-likeness (QED) is 0.486. The number of amides is 2. The largest absolute Gasteiger partial charge is 0.345 e. The minimum absolute atomic E-state index is 0.0112. The van der Waals surface area contributed by atoms with Crippen LogP contribution in [-0.4, -0.2) is 45.6 Å². The molecule has 32 heavy (non-hydrogen) atoms. The molecule has 0 aliphatic rings. The number of carbonyl (C=O) groups is 2. The molecule has 2 amide bonds. The van der Waals surface area contributed by atoms with Crippen molar-refractivity contribution in [1.29, 1.82) is 0 Å². The highest BCUT2D eigenvalue weighted by Crippen LogP contribution is 2.25. The summed E-state index contributed by atoms with van der Waals surface area (Å²) in [5, 5.41) is 9.07. The van der Waals surface area contributed by atoms with Gasteiger partial charge in [-0.25, -0.2) is 14.1 Å². The van der Waals surface area contributed by atoms with Gasteiger partial charge in [-0.2, -0.15) is 0 Å². The van der Waals surface area contributed by atoms with Gasteiger partial charge in [0.05, 0.1) is 10.6 Å². The number of carbonyl (C=O) groups excluding carboxylic acids is 2. The topological polar surface area (TPSA) is 80.1 Å². The van der Waals surface area contributed by atoms with Crippen LogP contribution in [0.15, 0.2) is 66.0 Å². The number of hydrogen-bond donors (Lipinski definition) is 1. The van der Waals surface area contributed by atoms with Crippen LogP contribution in [0.4, 0.5) is 4.39 Å². The van der Waals surface area contributed by atoms with E-state index in [1.165, 1.54) is 33.1 Å². The molecule has 0 bridgehead atoms. The predicted octanol–water partition coefficient (Wildman–Crippen LogP) is 3.77. The Kier molecular flexibility index (Phi) is 6.09. The van der Waals surface area contributed by atoms with Crippen molar-refractivity contribution in [2.45, 2.75) is 6.54 Å². The molecule has 0 saturated heterocycles. The number of rotatable bonds is 6. The molecule has 4 rings (SSSR count). The van der Waals surface area contributed by atoms with Gasteiger partial charge in [0, 0.05) is 26.2 Å². The minimum Gasteiger partial charge on any atom is -0.345 e. The van der Waals surface area contributed by atoms with Gasteiger partial charge >= 0.3 is 0 Å². The number of hydrogen-bond acceptors (Lipinski definition) is 5. The molecule has 162 valence electrons. The second kappa shape index (κ2) is 9.11. The Morgan fingerprint density at radius 1 is 1.06 bits per heavy atom. The van der Waals surface area contributed by atoms with Gasteiger partial charge in [0.15, 0.2) is 5.82 Å². The van der Waals surface area contributed by atoms with Crippen molar-refractivity contribution in [3.8, 4) is 16.4 Å². The van der Waals surface area contributed by atoms with Crippen molar-refractivity contribution in [1.82, 2.24) is 25.0 Å². The third kappa shape index (κ3) is 4.57. The molecule has 2 aromatic heterocycles. The van der Waals surface area contributed by atoms with Gasteiger partial charge in [-0.05, 0) is 53.4 Å². The highest BCUT2D eigenvalue weighted by Gasteiger charge is 2.19. The van der Waals surface area contributed by atoms with E-state index in [1.54, 1.807) is 50.5 Å². The molecule has 7 nitrogen and oxygen atoms in total. The molecule has 1 N–H and O–H groups in total. The van der Waals surface area contributed by atoms with Crippen LogP contribution in [0, 0.1) is 5.82 Å². The van der Waals surface area contributed by atoms with Gasteiger partial charge in [0.25, 0.3) is 11.8 Å². The Balaban J connectivity index is 1.53. The molecule has 0 unspecified atom stereocenters. The summed E-state index contributed by atoms with van der Waals surface area (Å²) in [6, 6.07) is 16.6. The minimum atomic E-state index is -0.433. The van der Waals surface area contributed by atoms with Crippen molar-refractivity contribution in [3.05, 3.63) is 88.8 Å². The summed E-state index contributed by atoms with van der Waals surface area (Å²) in [6.45, 7) is 0.259. The Hall–Kier alpha value is -3.85. The molecule has 0 aliphatic heterocycles. The summed E-state index contributed by atoms with van der Waals surface area (Å²) in [6.07, 6.45) is 0. The highest BCUT2D eigenvalue weighted by atomic mass is 32.1. The maximum Gasteiger partial charge on any atom is 0.291 e. The Labute approximate surface area is 188 Å². The molecule has 0 saturated carbocycles. The van der Waals surface area contributed by atoms with Gasteiger partial charge in [0.2, 0.25) is 5.82 Å². The lowest BCUT2D eigenvalue weighted by molar-refractivity contribution is 0.0827. The zero-order chi connectivity index (χ0) is 22.7. The third-order valence-electron chi connectivity index (χ3n) is 4.68. The first-order valence-electron chi connectivity index (χ1n) is 9.78. The second-order valence-electron chi connectivity index (χ2n) is 7.20. The highest BCUT2D eigenvalue weighted by molar-refractivity contribution is 7.13. The molecule has 0 spiro atoms. The molecular formula is C23H20FN5O2S. The number of benzene rings is 2. The first kappa shape index (κ1) is 21.4. The normalized spacial score (nSPS) is 10.7. The van der Waals surface area contributed by atoms with E-state index in [9.17, 15) is 14.0 Å². The number of nitrogens with zero attached hydrogens (tertiary/aromatic N) is 4. The van der Waals surface area contributed by atoms with Crippen molar-refractivity contribution in [2.24, 2.45) is 0 Å². The molecule has 2 heterocycles. The number of aromatic nitrogens is 3. The van der Waals surface area contributed by atoms with Crippen LogP contribution >= 0.6 is 11.3 Å². The van der Waals surface area contributed by atoms with Crippen LogP contribution in [0.25, 0.3) is 16.4 Å². The van der Waals surface area contributed by atoms with Crippen molar-refractivity contribution >= 4 is 23.2 Å². The van der Waals surface area contributed by atoms with Gasteiger partial charge in [0.1, 0.15) is 5.82 Å². The van der Waals surface area contributed by atoms with E-state index in [4.69, 9.17) is 0 Å². The number of thiophene rings is 1. The zero-order valence-electron chi connectivity index (χ0n) is 17.4. The lowest BCUT2D eigenvalue weighted by atomic mass is 10.1.